The van der Waals surface area contributed by atoms with E-state index in [4.69, 9.17) is 4.74 Å². The quantitative estimate of drug-likeness (QED) is 0.252. The molecule has 1 aliphatic rings. The molecule has 0 heterocycles. The standard InChI is InChI=1S/C26H26F4O3/c1-15(32-3)23(27)24(28)16(2)33-14-17-4-6-18(7-5-17)21-12-13-22(26(30)25(21)29)19-8-10-20(31)11-9-19/h8-13,17-18,31H,1-2,4-7,14H2,3H3/b24-23-. The number of aromatic hydroxyl groups is 1. The number of methoxy groups -OCH3 is 1. The summed E-state index contributed by atoms with van der Waals surface area (Å²) in [6.45, 7) is 6.79. The van der Waals surface area contributed by atoms with E-state index in [1.54, 1.807) is 12.1 Å². The molecule has 33 heavy (non-hydrogen) atoms. The Balaban J connectivity index is 1.60. The third kappa shape index (κ3) is 5.59. The Kier molecular flexibility index (Phi) is 7.84. The molecule has 1 saturated carbocycles. The summed E-state index contributed by atoms with van der Waals surface area (Å²) in [6, 6.07) is 9.05. The monoisotopic (exact) mass is 462 g/mol. The fourth-order valence-electron chi connectivity index (χ4n) is 4.00. The average molecular weight is 462 g/mol. The number of hydrogen-bond acceptors (Lipinski definition) is 3. The molecular formula is C26H26F4O3. The molecule has 1 fully saturated rings. The normalized spacial score (nSPS) is 18.9. The van der Waals surface area contributed by atoms with Crippen LogP contribution in [0.2, 0.25) is 0 Å². The smallest absolute Gasteiger partial charge is 0.203 e. The molecule has 1 N–H and O–H groups in total. The van der Waals surface area contributed by atoms with E-state index in [1.807, 2.05) is 0 Å². The highest BCUT2D eigenvalue weighted by Gasteiger charge is 2.27. The molecule has 1 aliphatic carbocycles. The summed E-state index contributed by atoms with van der Waals surface area (Å²) >= 11 is 0. The molecule has 0 amide bonds. The maximum absolute atomic E-state index is 14.9. The van der Waals surface area contributed by atoms with Gasteiger partial charge in [-0.05, 0) is 60.8 Å². The van der Waals surface area contributed by atoms with Crippen LogP contribution in [0.15, 0.2) is 72.7 Å². The average Bonchev–Trinajstić information content (AvgIpc) is 2.83. The van der Waals surface area contributed by atoms with Crippen LogP contribution in [0.3, 0.4) is 0 Å². The lowest BCUT2D eigenvalue weighted by molar-refractivity contribution is 0.135. The van der Waals surface area contributed by atoms with Crippen LogP contribution in [0.25, 0.3) is 11.1 Å². The van der Waals surface area contributed by atoms with E-state index in [2.05, 4.69) is 17.9 Å². The van der Waals surface area contributed by atoms with Crippen molar-refractivity contribution in [2.75, 3.05) is 13.7 Å². The number of rotatable bonds is 8. The van der Waals surface area contributed by atoms with Gasteiger partial charge in [-0.15, -0.1) is 0 Å². The zero-order valence-corrected chi connectivity index (χ0v) is 18.3. The third-order valence-corrected chi connectivity index (χ3v) is 6.00. The molecule has 3 nitrogen and oxygen atoms in total. The highest BCUT2D eigenvalue weighted by atomic mass is 19.2. The fourth-order valence-corrected chi connectivity index (χ4v) is 4.00. The number of allylic oxidation sites excluding steroid dienone is 2. The Morgan fingerprint density at radius 2 is 1.52 bits per heavy atom. The Morgan fingerprint density at radius 1 is 0.909 bits per heavy atom. The number of halogens is 4. The van der Waals surface area contributed by atoms with Gasteiger partial charge in [-0.25, -0.2) is 8.78 Å². The van der Waals surface area contributed by atoms with E-state index in [9.17, 15) is 22.7 Å². The molecule has 0 atom stereocenters. The largest absolute Gasteiger partial charge is 0.508 e. The van der Waals surface area contributed by atoms with Crippen LogP contribution >= 0.6 is 0 Å². The van der Waals surface area contributed by atoms with Crippen LogP contribution in [-0.4, -0.2) is 18.8 Å². The van der Waals surface area contributed by atoms with Gasteiger partial charge in [0, 0.05) is 5.56 Å². The first kappa shape index (κ1) is 24.4. The highest BCUT2D eigenvalue weighted by Crippen LogP contribution is 2.39. The van der Waals surface area contributed by atoms with Crippen molar-refractivity contribution in [2.45, 2.75) is 31.6 Å². The van der Waals surface area contributed by atoms with Gasteiger partial charge >= 0.3 is 0 Å². The number of phenolic OH excluding ortho intramolecular Hbond substituents is 1. The Morgan fingerprint density at radius 3 is 2.12 bits per heavy atom. The van der Waals surface area contributed by atoms with Crippen molar-refractivity contribution in [1.29, 1.82) is 0 Å². The SMILES string of the molecule is C=C(OC)/C(F)=C(/F)C(=C)OCC1CCC(c2ccc(-c3ccc(O)cc3)c(F)c2F)CC1. The number of benzene rings is 2. The van der Waals surface area contributed by atoms with E-state index < -0.39 is 34.8 Å². The predicted molar refractivity (Wildman–Crippen MR) is 119 cm³/mol. The van der Waals surface area contributed by atoms with E-state index in [1.165, 1.54) is 31.4 Å². The minimum Gasteiger partial charge on any atom is -0.508 e. The second-order valence-corrected chi connectivity index (χ2v) is 8.08. The minimum atomic E-state index is -1.26. The maximum Gasteiger partial charge on any atom is 0.203 e. The molecular weight excluding hydrogens is 436 g/mol. The van der Waals surface area contributed by atoms with Crippen LogP contribution in [-0.2, 0) is 9.47 Å². The number of ether oxygens (including phenoxy) is 2. The second-order valence-electron chi connectivity index (χ2n) is 8.08. The minimum absolute atomic E-state index is 0.0462. The third-order valence-electron chi connectivity index (χ3n) is 6.00. The lowest BCUT2D eigenvalue weighted by Crippen LogP contribution is -2.19. The summed E-state index contributed by atoms with van der Waals surface area (Å²) in [4.78, 5) is 0. The number of phenols is 1. The van der Waals surface area contributed by atoms with Crippen molar-refractivity contribution in [3.8, 4) is 16.9 Å². The second kappa shape index (κ2) is 10.6. The molecule has 0 saturated heterocycles. The zero-order chi connectivity index (χ0) is 24.1. The summed E-state index contributed by atoms with van der Waals surface area (Å²) in [5.41, 5.74) is 0.937. The molecule has 2 aromatic rings. The topological polar surface area (TPSA) is 38.7 Å². The van der Waals surface area contributed by atoms with E-state index >= 15 is 0 Å². The van der Waals surface area contributed by atoms with Gasteiger partial charge in [0.05, 0.1) is 13.7 Å². The van der Waals surface area contributed by atoms with Gasteiger partial charge in [-0.1, -0.05) is 37.4 Å². The van der Waals surface area contributed by atoms with Gasteiger partial charge in [0.15, 0.2) is 23.2 Å². The Hall–Kier alpha value is -3.22. The van der Waals surface area contributed by atoms with Crippen molar-refractivity contribution >= 4 is 0 Å². The van der Waals surface area contributed by atoms with Crippen molar-refractivity contribution < 1.29 is 32.1 Å². The van der Waals surface area contributed by atoms with Crippen LogP contribution in [0.4, 0.5) is 17.6 Å². The summed E-state index contributed by atoms with van der Waals surface area (Å²) < 4.78 is 67.2. The van der Waals surface area contributed by atoms with Gasteiger partial charge in [0.25, 0.3) is 0 Å². The lowest BCUT2D eigenvalue weighted by atomic mass is 9.78. The molecule has 0 aromatic heterocycles. The van der Waals surface area contributed by atoms with E-state index in [0.29, 0.717) is 36.8 Å². The molecule has 0 spiro atoms. The molecule has 2 aromatic carbocycles. The fraction of sp³-hybridized carbons (Fsp3) is 0.308. The first-order valence-electron chi connectivity index (χ1n) is 10.6. The molecule has 7 heteroatoms. The van der Waals surface area contributed by atoms with Crippen molar-refractivity contribution in [2.24, 2.45) is 5.92 Å². The van der Waals surface area contributed by atoms with E-state index in [-0.39, 0.29) is 29.8 Å². The Bertz CT molecular complexity index is 1050. The van der Waals surface area contributed by atoms with Crippen LogP contribution in [0, 0.1) is 17.6 Å². The van der Waals surface area contributed by atoms with Crippen molar-refractivity contribution in [3.05, 3.63) is 89.9 Å². The summed E-state index contributed by atoms with van der Waals surface area (Å²) in [7, 11) is 1.17. The van der Waals surface area contributed by atoms with E-state index in [0.717, 1.165) is 0 Å². The molecule has 0 unspecified atom stereocenters. The highest BCUT2D eigenvalue weighted by molar-refractivity contribution is 5.65. The van der Waals surface area contributed by atoms with Crippen LogP contribution in [0.5, 0.6) is 5.75 Å². The van der Waals surface area contributed by atoms with Gasteiger partial charge < -0.3 is 14.6 Å². The van der Waals surface area contributed by atoms with Gasteiger partial charge in [-0.3, -0.25) is 0 Å². The lowest BCUT2D eigenvalue weighted by Gasteiger charge is -2.29. The molecule has 0 aliphatic heterocycles. The maximum atomic E-state index is 14.9. The zero-order valence-electron chi connectivity index (χ0n) is 18.3. The van der Waals surface area contributed by atoms with Crippen LogP contribution in [0.1, 0.15) is 37.2 Å². The molecule has 176 valence electrons. The first-order valence-corrected chi connectivity index (χ1v) is 10.6. The first-order chi connectivity index (χ1) is 15.7. The summed E-state index contributed by atoms with van der Waals surface area (Å²) in [5, 5.41) is 9.39. The van der Waals surface area contributed by atoms with Gasteiger partial charge in [-0.2, -0.15) is 8.78 Å². The summed E-state index contributed by atoms with van der Waals surface area (Å²) in [5.74, 6) is -5.24. The van der Waals surface area contributed by atoms with Gasteiger partial charge in [0.1, 0.15) is 5.75 Å². The predicted octanol–water partition coefficient (Wildman–Crippen LogP) is 7.45. The molecule has 0 radical (unpaired) electrons. The van der Waals surface area contributed by atoms with Crippen molar-refractivity contribution in [3.63, 3.8) is 0 Å². The Labute approximate surface area is 190 Å². The number of hydrogen-bond donors (Lipinski definition) is 1. The molecule has 0 bridgehead atoms. The van der Waals surface area contributed by atoms with Crippen LogP contribution < -0.4 is 0 Å². The molecule has 3 rings (SSSR count). The van der Waals surface area contributed by atoms with Gasteiger partial charge in [0.2, 0.25) is 11.7 Å². The van der Waals surface area contributed by atoms with Crippen molar-refractivity contribution in [1.82, 2.24) is 0 Å². The summed E-state index contributed by atoms with van der Waals surface area (Å²) in [6.07, 6.45) is 2.56.